The van der Waals surface area contributed by atoms with Crippen molar-refractivity contribution in [2.75, 3.05) is 7.11 Å². The van der Waals surface area contributed by atoms with Crippen molar-refractivity contribution in [1.82, 2.24) is 0 Å². The zero-order valence-electron chi connectivity index (χ0n) is 10.7. The minimum atomic E-state index is -3.03. The van der Waals surface area contributed by atoms with Crippen LogP contribution in [0.3, 0.4) is 0 Å². The van der Waals surface area contributed by atoms with Crippen molar-refractivity contribution in [1.29, 1.82) is 0 Å². The van der Waals surface area contributed by atoms with Gasteiger partial charge in [-0.15, -0.1) is 0 Å². The lowest BCUT2D eigenvalue weighted by Crippen LogP contribution is -2.10. The van der Waals surface area contributed by atoms with Gasteiger partial charge in [-0.25, -0.2) is 0 Å². The van der Waals surface area contributed by atoms with E-state index in [1.54, 1.807) is 24.3 Å². The van der Waals surface area contributed by atoms with Crippen LogP contribution in [-0.2, 0) is 9.47 Å². The number of carbonyl (C=O) groups excluding carboxylic acids is 1. The summed E-state index contributed by atoms with van der Waals surface area (Å²) in [6.45, 7) is -3.03. The molecular formula is C13H14F2N2O3. The Morgan fingerprint density at radius 2 is 1.85 bits per heavy atom. The van der Waals surface area contributed by atoms with E-state index >= 15 is 0 Å². The Kier molecular flexibility index (Phi) is 5.52. The van der Waals surface area contributed by atoms with Crippen LogP contribution in [0, 0.1) is 0 Å². The van der Waals surface area contributed by atoms with Gasteiger partial charge < -0.3 is 20.9 Å². The molecule has 1 aromatic carbocycles. The van der Waals surface area contributed by atoms with Crippen LogP contribution in [0.5, 0.6) is 0 Å². The minimum Gasteiger partial charge on any atom is -0.494 e. The Labute approximate surface area is 114 Å². The Morgan fingerprint density at radius 3 is 2.30 bits per heavy atom. The molecule has 1 rings (SSSR count). The maximum Gasteiger partial charge on any atom is 0.388 e. The molecule has 4 N–H and O–H groups in total. The SMILES string of the molecule is COC(/C=C(\N)OC(F)F)=C(/N)c1ccc(C=O)cc1. The lowest BCUT2D eigenvalue weighted by Gasteiger charge is -2.09. The summed E-state index contributed by atoms with van der Waals surface area (Å²) in [6, 6.07) is 6.31. The molecule has 0 aliphatic rings. The highest BCUT2D eigenvalue weighted by Gasteiger charge is 2.08. The monoisotopic (exact) mass is 284 g/mol. The fraction of sp³-hybridized carbons (Fsp3) is 0.154. The smallest absolute Gasteiger partial charge is 0.388 e. The molecule has 0 fully saturated rings. The van der Waals surface area contributed by atoms with E-state index in [0.717, 1.165) is 6.08 Å². The summed E-state index contributed by atoms with van der Waals surface area (Å²) in [4.78, 5) is 10.5. The summed E-state index contributed by atoms with van der Waals surface area (Å²) in [5.41, 5.74) is 12.3. The van der Waals surface area contributed by atoms with Crippen LogP contribution in [0.2, 0.25) is 0 Å². The first-order valence-corrected chi connectivity index (χ1v) is 5.49. The molecule has 0 radical (unpaired) electrons. The van der Waals surface area contributed by atoms with Crippen LogP contribution in [0.4, 0.5) is 8.78 Å². The molecule has 0 atom stereocenters. The minimum absolute atomic E-state index is 0.0713. The molecule has 0 aromatic heterocycles. The van der Waals surface area contributed by atoms with Gasteiger partial charge in [0, 0.05) is 17.2 Å². The number of methoxy groups -OCH3 is 1. The van der Waals surface area contributed by atoms with Crippen molar-refractivity contribution >= 4 is 12.0 Å². The second kappa shape index (κ2) is 7.13. The molecule has 0 aliphatic carbocycles. The highest BCUT2D eigenvalue weighted by molar-refractivity contribution is 5.76. The molecule has 0 spiro atoms. The Morgan fingerprint density at radius 1 is 1.25 bits per heavy atom. The quantitative estimate of drug-likeness (QED) is 0.472. The molecule has 0 amide bonds. The predicted molar refractivity (Wildman–Crippen MR) is 69.3 cm³/mol. The third-order valence-electron chi connectivity index (χ3n) is 2.34. The number of benzene rings is 1. The number of allylic oxidation sites excluding steroid dienone is 1. The molecule has 7 heteroatoms. The van der Waals surface area contributed by atoms with Crippen molar-refractivity contribution in [3.05, 3.63) is 53.1 Å². The molecule has 0 saturated carbocycles. The Hall–Kier alpha value is -2.57. The van der Waals surface area contributed by atoms with Crippen LogP contribution in [0.15, 0.2) is 42.0 Å². The molecule has 0 saturated heterocycles. The molecule has 0 unspecified atom stereocenters. The van der Waals surface area contributed by atoms with E-state index in [9.17, 15) is 13.6 Å². The number of hydrogen-bond acceptors (Lipinski definition) is 5. The Balaban J connectivity index is 3.07. The van der Waals surface area contributed by atoms with Crippen LogP contribution in [0.1, 0.15) is 15.9 Å². The van der Waals surface area contributed by atoms with Crippen LogP contribution < -0.4 is 11.5 Å². The molecule has 0 bridgehead atoms. The third kappa shape index (κ3) is 4.27. The van der Waals surface area contributed by atoms with Crippen molar-refractivity contribution in [3.63, 3.8) is 0 Å². The van der Waals surface area contributed by atoms with E-state index in [0.29, 0.717) is 17.4 Å². The normalized spacial score (nSPS) is 12.9. The number of hydrogen-bond donors (Lipinski definition) is 2. The standard InChI is InChI=1S/C13H14F2N2O3/c1-19-10(6-11(16)20-13(14)15)12(17)9-4-2-8(7-18)3-5-9/h2-7,13H,16-17H2,1H3/b11-6+,12-10+. The average molecular weight is 284 g/mol. The Bertz CT molecular complexity index is 525. The lowest BCUT2D eigenvalue weighted by atomic mass is 10.1. The average Bonchev–Trinajstić information content (AvgIpc) is 2.43. The van der Waals surface area contributed by atoms with E-state index in [1.165, 1.54) is 7.11 Å². The van der Waals surface area contributed by atoms with E-state index in [-0.39, 0.29) is 11.5 Å². The summed E-state index contributed by atoms with van der Waals surface area (Å²) in [6.07, 6.45) is 1.74. The van der Waals surface area contributed by atoms with Gasteiger partial charge in [0.25, 0.3) is 0 Å². The molecule has 5 nitrogen and oxygen atoms in total. The van der Waals surface area contributed by atoms with Crippen molar-refractivity contribution < 1.29 is 23.0 Å². The van der Waals surface area contributed by atoms with E-state index in [1.807, 2.05) is 0 Å². The second-order valence-electron chi connectivity index (χ2n) is 3.65. The third-order valence-corrected chi connectivity index (χ3v) is 2.34. The van der Waals surface area contributed by atoms with E-state index < -0.39 is 12.5 Å². The maximum atomic E-state index is 12.0. The molecule has 1 aromatic rings. The topological polar surface area (TPSA) is 87.6 Å². The van der Waals surface area contributed by atoms with Crippen molar-refractivity contribution in [2.45, 2.75) is 6.61 Å². The van der Waals surface area contributed by atoms with E-state index in [4.69, 9.17) is 16.2 Å². The molecule has 0 aliphatic heterocycles. The maximum absolute atomic E-state index is 12.0. The van der Waals surface area contributed by atoms with Gasteiger partial charge in [-0.1, -0.05) is 24.3 Å². The van der Waals surface area contributed by atoms with E-state index in [2.05, 4.69) is 4.74 Å². The molecule has 20 heavy (non-hydrogen) atoms. The van der Waals surface area contributed by atoms with Crippen LogP contribution >= 0.6 is 0 Å². The zero-order chi connectivity index (χ0) is 15.1. The number of alkyl halides is 2. The van der Waals surface area contributed by atoms with Gasteiger partial charge in [0.05, 0.1) is 12.8 Å². The summed E-state index contributed by atoms with van der Waals surface area (Å²) >= 11 is 0. The largest absolute Gasteiger partial charge is 0.494 e. The van der Waals surface area contributed by atoms with Crippen molar-refractivity contribution in [3.8, 4) is 0 Å². The number of carbonyl (C=O) groups is 1. The number of aldehydes is 1. The first-order chi connectivity index (χ1) is 9.47. The summed E-state index contributed by atoms with van der Waals surface area (Å²) in [5.74, 6) is -0.452. The first-order valence-electron chi connectivity index (χ1n) is 5.49. The van der Waals surface area contributed by atoms with Gasteiger partial charge >= 0.3 is 6.61 Å². The highest BCUT2D eigenvalue weighted by atomic mass is 19.3. The van der Waals surface area contributed by atoms with Gasteiger partial charge in [-0.2, -0.15) is 8.78 Å². The van der Waals surface area contributed by atoms with Gasteiger partial charge in [0.1, 0.15) is 12.0 Å². The fourth-order valence-electron chi connectivity index (χ4n) is 1.40. The van der Waals surface area contributed by atoms with Crippen molar-refractivity contribution in [2.24, 2.45) is 11.5 Å². The lowest BCUT2D eigenvalue weighted by molar-refractivity contribution is -0.0970. The van der Waals surface area contributed by atoms with Crippen LogP contribution in [0.25, 0.3) is 5.70 Å². The van der Waals surface area contributed by atoms with Gasteiger partial charge in [-0.05, 0) is 0 Å². The molecule has 108 valence electrons. The van der Waals surface area contributed by atoms with Crippen LogP contribution in [-0.4, -0.2) is 20.0 Å². The number of halogens is 2. The van der Waals surface area contributed by atoms with Gasteiger partial charge in [-0.3, -0.25) is 4.79 Å². The number of ether oxygens (including phenoxy) is 2. The molecule has 0 heterocycles. The molecular weight excluding hydrogens is 270 g/mol. The second-order valence-corrected chi connectivity index (χ2v) is 3.65. The highest BCUT2D eigenvalue weighted by Crippen LogP contribution is 2.17. The first kappa shape index (κ1) is 15.5. The number of rotatable bonds is 6. The van der Waals surface area contributed by atoms with Gasteiger partial charge in [0.15, 0.2) is 5.88 Å². The zero-order valence-corrected chi connectivity index (χ0v) is 10.7. The summed E-state index contributed by atoms with van der Waals surface area (Å²) in [5, 5.41) is 0. The number of nitrogens with two attached hydrogens (primary N) is 2. The fourth-order valence-corrected chi connectivity index (χ4v) is 1.40. The summed E-state index contributed by atoms with van der Waals surface area (Å²) < 4.78 is 32.9. The predicted octanol–water partition coefficient (Wildman–Crippen LogP) is 1.81. The van der Waals surface area contributed by atoms with Gasteiger partial charge in [0.2, 0.25) is 0 Å². The summed E-state index contributed by atoms with van der Waals surface area (Å²) in [7, 11) is 1.31.